The molecule has 2 saturated heterocycles. The van der Waals surface area contributed by atoms with Gasteiger partial charge in [-0.15, -0.1) is 0 Å². The number of hydrogen-bond acceptors (Lipinski definition) is 10. The van der Waals surface area contributed by atoms with E-state index in [-0.39, 0.29) is 25.5 Å². The van der Waals surface area contributed by atoms with Crippen LogP contribution in [0.4, 0.5) is 0 Å². The van der Waals surface area contributed by atoms with E-state index in [0.29, 0.717) is 26.2 Å². The third-order valence-electron chi connectivity index (χ3n) is 5.25. The maximum atomic E-state index is 11.1. The number of nitrogens with zero attached hydrogens (tertiary/aromatic N) is 4. The Kier molecular flexibility index (Phi) is 12.2. The van der Waals surface area contributed by atoms with E-state index in [1.54, 1.807) is 4.90 Å². The number of β-amino-alcohol motifs (C(OH)–C–C–N with tert-alkyl or cyclic N) is 2. The summed E-state index contributed by atoms with van der Waals surface area (Å²) in [5.74, 6) is -0.201. The molecule has 30 heavy (non-hydrogen) atoms. The van der Waals surface area contributed by atoms with Gasteiger partial charge in [0.25, 0.3) is 20.2 Å². The lowest BCUT2D eigenvalue weighted by molar-refractivity contribution is 0.0930. The Morgan fingerprint density at radius 3 is 1.70 bits per heavy atom. The van der Waals surface area contributed by atoms with Crippen molar-refractivity contribution in [2.24, 2.45) is 0 Å². The monoisotopic (exact) mass is 476 g/mol. The molecule has 180 valence electrons. The molecule has 0 aromatic rings. The standard InChI is InChI=1S/2C8H18N2O4S/c11-7-5-9-1-3-10(4-2-9)6-8-15(12,13)14;1-2-9-3-4-10(5-6-11)8(7-9)15(12,13)14/h11H,1-8H2,(H,12,13,14);8,11H,2-7H2,1H3,(H,12,13,14). The summed E-state index contributed by atoms with van der Waals surface area (Å²) >= 11 is 0. The van der Waals surface area contributed by atoms with Crippen LogP contribution in [0.5, 0.6) is 0 Å². The molecule has 2 aliphatic heterocycles. The number of aliphatic hydroxyl groups excluding tert-OH is 2. The van der Waals surface area contributed by atoms with Gasteiger partial charge >= 0.3 is 0 Å². The number of likely N-dealkylation sites (N-methyl/N-ethyl adjacent to an activating group) is 1. The Morgan fingerprint density at radius 2 is 1.27 bits per heavy atom. The smallest absolute Gasteiger partial charge is 0.282 e. The van der Waals surface area contributed by atoms with Crippen LogP contribution in [0.2, 0.25) is 0 Å². The minimum atomic E-state index is -4.07. The van der Waals surface area contributed by atoms with Gasteiger partial charge in [0.1, 0.15) is 0 Å². The summed E-state index contributed by atoms with van der Waals surface area (Å²) in [6.07, 6.45) is 0. The number of piperazine rings is 2. The first-order valence-corrected chi connectivity index (χ1v) is 13.2. The second-order valence-corrected chi connectivity index (χ2v) is 10.5. The van der Waals surface area contributed by atoms with Gasteiger partial charge in [-0.3, -0.25) is 28.7 Å². The zero-order valence-corrected chi connectivity index (χ0v) is 19.1. The summed E-state index contributed by atoms with van der Waals surface area (Å²) in [7, 11) is -7.91. The van der Waals surface area contributed by atoms with Crippen molar-refractivity contribution in [1.29, 1.82) is 0 Å². The second kappa shape index (κ2) is 13.2. The summed E-state index contributed by atoms with van der Waals surface area (Å²) in [6, 6.07) is 0. The molecule has 1 unspecified atom stereocenters. The molecule has 0 saturated carbocycles. The molecular weight excluding hydrogens is 440 g/mol. The van der Waals surface area contributed by atoms with Gasteiger partial charge in [0, 0.05) is 65.4 Å². The zero-order chi connectivity index (χ0) is 22.8. The molecular formula is C16H36N4O8S2. The van der Waals surface area contributed by atoms with E-state index in [1.807, 2.05) is 16.7 Å². The van der Waals surface area contributed by atoms with Gasteiger partial charge in [-0.05, 0) is 6.54 Å². The van der Waals surface area contributed by atoms with Crippen LogP contribution in [0.15, 0.2) is 0 Å². The third-order valence-corrected chi connectivity index (χ3v) is 7.08. The summed E-state index contributed by atoms with van der Waals surface area (Å²) < 4.78 is 61.0. The van der Waals surface area contributed by atoms with Crippen LogP contribution in [0.1, 0.15) is 6.92 Å². The minimum Gasteiger partial charge on any atom is -0.395 e. The highest BCUT2D eigenvalue weighted by Gasteiger charge is 2.34. The molecule has 2 fully saturated rings. The zero-order valence-electron chi connectivity index (χ0n) is 17.5. The Hall–Kier alpha value is -0.420. The fraction of sp³-hybridized carbons (Fsp3) is 1.00. The lowest BCUT2D eigenvalue weighted by Gasteiger charge is -2.38. The fourth-order valence-corrected chi connectivity index (χ4v) is 4.89. The molecule has 0 aromatic heterocycles. The van der Waals surface area contributed by atoms with Gasteiger partial charge in [0.05, 0.1) is 19.0 Å². The molecule has 14 heteroatoms. The highest BCUT2D eigenvalue weighted by molar-refractivity contribution is 7.86. The van der Waals surface area contributed by atoms with Crippen molar-refractivity contribution in [3.63, 3.8) is 0 Å². The first kappa shape index (κ1) is 27.6. The van der Waals surface area contributed by atoms with Crippen LogP contribution >= 0.6 is 0 Å². The van der Waals surface area contributed by atoms with Crippen molar-refractivity contribution in [2.75, 3.05) is 91.0 Å². The van der Waals surface area contributed by atoms with E-state index in [0.717, 1.165) is 39.3 Å². The maximum Gasteiger partial charge on any atom is 0.282 e. The fourth-order valence-electron chi connectivity index (χ4n) is 3.42. The van der Waals surface area contributed by atoms with Gasteiger partial charge in [-0.1, -0.05) is 6.92 Å². The van der Waals surface area contributed by atoms with Crippen LogP contribution in [-0.4, -0.2) is 152 Å². The summed E-state index contributed by atoms with van der Waals surface area (Å²) in [5, 5.41) is 16.6. The lowest BCUT2D eigenvalue weighted by atomic mass is 10.3. The van der Waals surface area contributed by atoms with Crippen molar-refractivity contribution in [1.82, 2.24) is 19.6 Å². The minimum absolute atomic E-state index is 0.0991. The van der Waals surface area contributed by atoms with Crippen molar-refractivity contribution in [2.45, 2.75) is 12.3 Å². The number of rotatable bonds is 9. The topological polar surface area (TPSA) is 162 Å². The molecule has 2 rings (SSSR count). The highest BCUT2D eigenvalue weighted by atomic mass is 32.2. The molecule has 1 atom stereocenters. The molecule has 0 bridgehead atoms. The van der Waals surface area contributed by atoms with Crippen LogP contribution in [0.3, 0.4) is 0 Å². The van der Waals surface area contributed by atoms with Crippen LogP contribution in [0.25, 0.3) is 0 Å². The Balaban J connectivity index is 0.000000300. The van der Waals surface area contributed by atoms with E-state index in [1.165, 1.54) is 0 Å². The van der Waals surface area contributed by atoms with Crippen molar-refractivity contribution in [3.8, 4) is 0 Å². The van der Waals surface area contributed by atoms with Gasteiger partial charge in [0.15, 0.2) is 5.37 Å². The highest BCUT2D eigenvalue weighted by Crippen LogP contribution is 2.13. The van der Waals surface area contributed by atoms with Crippen molar-refractivity contribution >= 4 is 20.2 Å². The third kappa shape index (κ3) is 10.7. The molecule has 2 heterocycles. The predicted molar refractivity (Wildman–Crippen MR) is 112 cm³/mol. The molecule has 0 radical (unpaired) electrons. The summed E-state index contributed by atoms with van der Waals surface area (Å²) in [6.45, 7) is 8.98. The van der Waals surface area contributed by atoms with E-state index < -0.39 is 25.6 Å². The molecule has 0 spiro atoms. The number of aliphatic hydroxyl groups is 2. The molecule has 0 aromatic carbocycles. The summed E-state index contributed by atoms with van der Waals surface area (Å²) in [4.78, 5) is 7.69. The maximum absolute atomic E-state index is 11.1. The Morgan fingerprint density at radius 1 is 0.767 bits per heavy atom. The quantitative estimate of drug-likeness (QED) is 0.255. The van der Waals surface area contributed by atoms with E-state index in [2.05, 4.69) is 4.90 Å². The van der Waals surface area contributed by atoms with Crippen molar-refractivity contribution < 1.29 is 36.2 Å². The van der Waals surface area contributed by atoms with Gasteiger partial charge < -0.3 is 10.2 Å². The van der Waals surface area contributed by atoms with Gasteiger partial charge in [-0.25, -0.2) is 0 Å². The normalized spacial score (nSPS) is 23.2. The molecule has 0 aliphatic carbocycles. The van der Waals surface area contributed by atoms with Crippen LogP contribution < -0.4 is 0 Å². The van der Waals surface area contributed by atoms with Crippen LogP contribution in [0, 0.1) is 0 Å². The Bertz CT molecular complexity index is 683. The average molecular weight is 477 g/mol. The summed E-state index contributed by atoms with van der Waals surface area (Å²) in [5.41, 5.74) is 0. The Labute approximate surface area is 179 Å². The molecule has 2 aliphatic rings. The predicted octanol–water partition coefficient (Wildman–Crippen LogP) is -2.69. The van der Waals surface area contributed by atoms with Gasteiger partial charge in [0.2, 0.25) is 0 Å². The molecule has 4 N–H and O–H groups in total. The van der Waals surface area contributed by atoms with Gasteiger partial charge in [-0.2, -0.15) is 16.8 Å². The van der Waals surface area contributed by atoms with E-state index in [4.69, 9.17) is 19.3 Å². The lowest BCUT2D eigenvalue weighted by Crippen LogP contribution is -2.56. The number of hydrogen-bond donors (Lipinski definition) is 4. The second-order valence-electron chi connectivity index (χ2n) is 7.32. The van der Waals surface area contributed by atoms with Crippen LogP contribution in [-0.2, 0) is 20.2 Å². The average Bonchev–Trinajstić information content (AvgIpc) is 2.67. The largest absolute Gasteiger partial charge is 0.395 e. The van der Waals surface area contributed by atoms with E-state index >= 15 is 0 Å². The van der Waals surface area contributed by atoms with Crippen molar-refractivity contribution in [3.05, 3.63) is 0 Å². The first-order valence-electron chi connectivity index (χ1n) is 10.0. The SMILES string of the molecule is CCN1CCN(CCO)C(S(=O)(=O)O)C1.O=S(=O)(O)CCN1CCN(CCO)CC1. The molecule has 12 nitrogen and oxygen atoms in total. The molecule has 0 amide bonds. The first-order chi connectivity index (χ1) is 14.0. The van der Waals surface area contributed by atoms with E-state index in [9.17, 15) is 16.8 Å².